The van der Waals surface area contributed by atoms with Gasteiger partial charge in [-0.05, 0) is 92.6 Å². The van der Waals surface area contributed by atoms with Crippen LogP contribution in [0.15, 0.2) is 65.1 Å². The number of rotatable bonds is 11. The van der Waals surface area contributed by atoms with Gasteiger partial charge in [-0.3, -0.25) is 14.6 Å². The van der Waals surface area contributed by atoms with E-state index in [9.17, 15) is 18.7 Å². The number of carboxylic acids is 1. The summed E-state index contributed by atoms with van der Waals surface area (Å²) in [5.41, 5.74) is 8.90. The molecule has 266 valence electrons. The molecule has 2 aliphatic rings. The van der Waals surface area contributed by atoms with Gasteiger partial charge in [-0.1, -0.05) is 43.3 Å². The van der Waals surface area contributed by atoms with Crippen LogP contribution < -0.4 is 9.47 Å². The quantitative estimate of drug-likeness (QED) is 0.146. The minimum absolute atomic E-state index is 0.0573. The summed E-state index contributed by atoms with van der Waals surface area (Å²) in [7, 11) is 1.67. The van der Waals surface area contributed by atoms with Crippen LogP contribution in [-0.4, -0.2) is 70.2 Å². The van der Waals surface area contributed by atoms with Crippen molar-refractivity contribution in [3.63, 3.8) is 0 Å². The van der Waals surface area contributed by atoms with Gasteiger partial charge < -0.3 is 19.0 Å². The molecule has 51 heavy (non-hydrogen) atoms. The average Bonchev–Trinajstić information content (AvgIpc) is 3.85. The zero-order valence-electron chi connectivity index (χ0n) is 29.3. The highest BCUT2D eigenvalue weighted by Gasteiger charge is 2.31. The predicted octanol–water partition coefficient (Wildman–Crippen LogP) is 8.34. The van der Waals surface area contributed by atoms with E-state index >= 15 is 0 Å². The number of hydrogen-bond acceptors (Lipinski definition) is 8. The molecule has 0 unspecified atom stereocenters. The minimum Gasteiger partial charge on any atom is -0.481 e. The second kappa shape index (κ2) is 14.4. The van der Waals surface area contributed by atoms with Crippen LogP contribution in [-0.2, 0) is 17.9 Å². The number of carbonyl (C=O) groups is 1. The molecule has 4 heterocycles. The first-order valence-corrected chi connectivity index (χ1v) is 17.4. The molecule has 5 aromatic rings. The summed E-state index contributed by atoms with van der Waals surface area (Å²) in [6.45, 7) is 7.00. The second-order valence-corrected chi connectivity index (χ2v) is 13.7. The Morgan fingerprint density at radius 2 is 1.67 bits per heavy atom. The molecule has 0 spiro atoms. The molecule has 0 amide bonds. The molecule has 3 aromatic carbocycles. The Bertz CT molecular complexity index is 2080. The van der Waals surface area contributed by atoms with E-state index < -0.39 is 18.6 Å². The summed E-state index contributed by atoms with van der Waals surface area (Å²) in [4.78, 5) is 25.7. The van der Waals surface area contributed by atoms with Crippen molar-refractivity contribution in [2.45, 2.75) is 65.8 Å². The zero-order valence-corrected chi connectivity index (χ0v) is 29.3. The molecule has 2 aromatic heterocycles. The third-order valence-corrected chi connectivity index (χ3v) is 10.3. The van der Waals surface area contributed by atoms with Crippen molar-refractivity contribution in [1.29, 1.82) is 0 Å². The monoisotopic (exact) mass is 696 g/mol. The van der Waals surface area contributed by atoms with Gasteiger partial charge in [0.05, 0.1) is 12.8 Å². The van der Waals surface area contributed by atoms with Gasteiger partial charge >= 0.3 is 12.6 Å². The lowest BCUT2D eigenvalue weighted by Gasteiger charge is -2.22. The number of hydrogen-bond donors (Lipinski definition) is 1. The SMILES string of the molecule is COc1nc(-c2cccc(-c3cccc(-c4nc5cc(CN6CCC[C@H]6C(=O)O)c(OC(F)F)cc5o4)c3C)c2C)ccc1CN1CC[C@H](C)C1. The van der Waals surface area contributed by atoms with Gasteiger partial charge in [0.1, 0.15) is 17.3 Å². The fraction of sp³-hybridized carbons (Fsp3) is 0.375. The van der Waals surface area contributed by atoms with E-state index in [1.165, 1.54) is 12.5 Å². The summed E-state index contributed by atoms with van der Waals surface area (Å²) < 4.78 is 43.8. The molecule has 0 bridgehead atoms. The molecule has 11 heteroatoms. The normalized spacial score (nSPS) is 18.3. The van der Waals surface area contributed by atoms with Crippen LogP contribution in [0.25, 0.3) is 44.9 Å². The lowest BCUT2D eigenvalue weighted by molar-refractivity contribution is -0.142. The fourth-order valence-electron chi connectivity index (χ4n) is 7.65. The van der Waals surface area contributed by atoms with Crippen molar-refractivity contribution in [3.8, 4) is 45.5 Å². The summed E-state index contributed by atoms with van der Waals surface area (Å²) in [5.74, 6) is 0.696. The standard InChI is InChI=1S/C40H42F2N4O5/c1-23-15-17-45(20-23)21-26-13-14-32(43-37(26)49-4)30-10-5-8-28(24(30)2)29-9-6-11-31(25(29)3)38-44-33-18-27(22-46-16-7-12-34(46)39(47)48)35(51-40(41)42)19-36(33)50-38/h5-6,8-11,13-14,18-19,23,34,40H,7,12,15-17,20-22H2,1-4H3,(H,47,48)/t23-,34-/m0/s1. The molecule has 2 fully saturated rings. The maximum atomic E-state index is 13.5. The van der Waals surface area contributed by atoms with Crippen LogP contribution in [0, 0.1) is 19.8 Å². The number of carboxylic acid groups (broad SMARTS) is 1. The van der Waals surface area contributed by atoms with Crippen LogP contribution in [0.2, 0.25) is 0 Å². The highest BCUT2D eigenvalue weighted by Crippen LogP contribution is 2.39. The number of methoxy groups -OCH3 is 1. The molecule has 1 N–H and O–H groups in total. The number of ether oxygens (including phenoxy) is 2. The number of nitrogens with zero attached hydrogens (tertiary/aromatic N) is 4. The van der Waals surface area contributed by atoms with Gasteiger partial charge in [-0.25, -0.2) is 9.97 Å². The smallest absolute Gasteiger partial charge is 0.387 e. The summed E-state index contributed by atoms with van der Waals surface area (Å²) in [6, 6.07) is 18.7. The van der Waals surface area contributed by atoms with E-state index in [1.54, 1.807) is 18.1 Å². The largest absolute Gasteiger partial charge is 0.481 e. The van der Waals surface area contributed by atoms with Crippen LogP contribution in [0.4, 0.5) is 8.78 Å². The van der Waals surface area contributed by atoms with Crippen molar-refractivity contribution in [1.82, 2.24) is 19.8 Å². The lowest BCUT2D eigenvalue weighted by atomic mass is 9.90. The molecular weight excluding hydrogens is 654 g/mol. The van der Waals surface area contributed by atoms with Gasteiger partial charge in [-0.2, -0.15) is 8.78 Å². The van der Waals surface area contributed by atoms with Crippen LogP contribution >= 0.6 is 0 Å². The number of fused-ring (bicyclic) bond motifs is 1. The average molecular weight is 697 g/mol. The topological polar surface area (TPSA) is 101 Å². The molecule has 2 saturated heterocycles. The van der Waals surface area contributed by atoms with Crippen molar-refractivity contribution >= 4 is 17.1 Å². The van der Waals surface area contributed by atoms with E-state index in [2.05, 4.69) is 49.1 Å². The molecule has 0 aliphatic carbocycles. The number of oxazole rings is 1. The second-order valence-electron chi connectivity index (χ2n) is 13.7. The zero-order chi connectivity index (χ0) is 35.8. The Morgan fingerprint density at radius 1 is 0.941 bits per heavy atom. The van der Waals surface area contributed by atoms with Crippen molar-refractivity contribution in [3.05, 3.63) is 82.9 Å². The molecular formula is C40H42F2N4O5. The highest BCUT2D eigenvalue weighted by atomic mass is 19.3. The predicted molar refractivity (Wildman–Crippen MR) is 191 cm³/mol. The first-order valence-electron chi connectivity index (χ1n) is 17.4. The van der Waals surface area contributed by atoms with Crippen LogP contribution in [0.1, 0.15) is 48.4 Å². The van der Waals surface area contributed by atoms with Gasteiger partial charge in [0.2, 0.25) is 11.8 Å². The van der Waals surface area contributed by atoms with E-state index in [0.717, 1.165) is 64.3 Å². The van der Waals surface area contributed by atoms with Gasteiger partial charge in [0, 0.05) is 48.0 Å². The number of aromatic nitrogens is 2. The Hall–Kier alpha value is -4.87. The summed E-state index contributed by atoms with van der Waals surface area (Å²) in [6.07, 6.45) is 2.43. The van der Waals surface area contributed by atoms with Crippen molar-refractivity contribution in [2.24, 2.45) is 5.92 Å². The Balaban J connectivity index is 1.21. The Morgan fingerprint density at radius 3 is 2.35 bits per heavy atom. The Kier molecular flexibility index (Phi) is 9.76. The molecule has 0 radical (unpaired) electrons. The van der Waals surface area contributed by atoms with Crippen LogP contribution in [0.3, 0.4) is 0 Å². The summed E-state index contributed by atoms with van der Waals surface area (Å²) >= 11 is 0. The molecule has 9 nitrogen and oxygen atoms in total. The third-order valence-electron chi connectivity index (χ3n) is 10.3. The van der Waals surface area contributed by atoms with Gasteiger partial charge in [0.25, 0.3) is 0 Å². The number of aliphatic carboxylic acids is 1. The lowest BCUT2D eigenvalue weighted by Crippen LogP contribution is -2.35. The number of pyridine rings is 1. The molecule has 2 aliphatic heterocycles. The number of alkyl halides is 2. The van der Waals surface area contributed by atoms with E-state index in [4.69, 9.17) is 23.9 Å². The van der Waals surface area contributed by atoms with E-state index in [1.807, 2.05) is 25.1 Å². The number of halogens is 2. The molecule has 2 atom stereocenters. The van der Waals surface area contributed by atoms with Crippen molar-refractivity contribution in [2.75, 3.05) is 26.7 Å². The van der Waals surface area contributed by atoms with Gasteiger partial charge in [-0.15, -0.1) is 0 Å². The Labute approximate surface area is 295 Å². The molecule has 0 saturated carbocycles. The fourth-order valence-corrected chi connectivity index (χ4v) is 7.65. The van der Waals surface area contributed by atoms with Gasteiger partial charge in [0.15, 0.2) is 5.58 Å². The van der Waals surface area contributed by atoms with Crippen LogP contribution in [0.5, 0.6) is 11.6 Å². The summed E-state index contributed by atoms with van der Waals surface area (Å²) in [5, 5.41) is 9.65. The molecule has 7 rings (SSSR count). The van der Waals surface area contributed by atoms with Crippen molar-refractivity contribution < 1.29 is 32.6 Å². The first-order chi connectivity index (χ1) is 24.6. The first kappa shape index (κ1) is 34.6. The van der Waals surface area contributed by atoms with E-state index in [-0.39, 0.29) is 12.3 Å². The minimum atomic E-state index is -3.05. The maximum Gasteiger partial charge on any atom is 0.387 e. The van der Waals surface area contributed by atoms with E-state index in [0.29, 0.717) is 53.7 Å². The number of benzene rings is 3. The third kappa shape index (κ3) is 7.05. The maximum absolute atomic E-state index is 13.5. The number of likely N-dealkylation sites (tertiary alicyclic amines) is 2. The highest BCUT2D eigenvalue weighted by molar-refractivity contribution is 5.84.